The quantitative estimate of drug-likeness (QED) is 0.804. The van der Waals surface area contributed by atoms with E-state index in [0.717, 1.165) is 12.8 Å². The van der Waals surface area contributed by atoms with Gasteiger partial charge in [-0.3, -0.25) is 4.79 Å². The number of amides is 1. The Morgan fingerprint density at radius 3 is 3.00 bits per heavy atom. The monoisotopic (exact) mass is 246 g/mol. The highest BCUT2D eigenvalue weighted by molar-refractivity contribution is 5.93. The first-order valence-electron chi connectivity index (χ1n) is 6.17. The Morgan fingerprint density at radius 1 is 1.44 bits per heavy atom. The Morgan fingerprint density at radius 2 is 2.28 bits per heavy atom. The van der Waals surface area contributed by atoms with Crippen molar-refractivity contribution in [2.45, 2.75) is 18.9 Å². The number of hydrogen-bond acceptors (Lipinski definition) is 2. The molecule has 1 aromatic rings. The van der Waals surface area contributed by atoms with Crippen LogP contribution in [0.5, 0.6) is 0 Å². The van der Waals surface area contributed by atoms with Gasteiger partial charge in [0.1, 0.15) is 5.82 Å². The average molecular weight is 246 g/mol. The zero-order chi connectivity index (χ0) is 12.7. The molecule has 3 atom stereocenters. The summed E-state index contributed by atoms with van der Waals surface area (Å²) in [6.07, 6.45) is 6.57. The average Bonchev–Trinajstić information content (AvgIpc) is 2.69. The van der Waals surface area contributed by atoms with Gasteiger partial charge in [-0.1, -0.05) is 12.2 Å². The van der Waals surface area contributed by atoms with Crippen molar-refractivity contribution in [2.24, 2.45) is 17.6 Å². The summed E-state index contributed by atoms with van der Waals surface area (Å²) in [5.74, 6) is 0.335. The van der Waals surface area contributed by atoms with E-state index in [1.807, 2.05) is 0 Å². The van der Waals surface area contributed by atoms with E-state index in [9.17, 15) is 9.18 Å². The maximum atomic E-state index is 13.7. The summed E-state index contributed by atoms with van der Waals surface area (Å²) in [5.41, 5.74) is 5.90. The van der Waals surface area contributed by atoms with Crippen LogP contribution in [0.1, 0.15) is 23.2 Å². The second-order valence-electron chi connectivity index (χ2n) is 5.05. The summed E-state index contributed by atoms with van der Waals surface area (Å²) < 4.78 is 13.7. The van der Waals surface area contributed by atoms with Crippen LogP contribution >= 0.6 is 0 Å². The van der Waals surface area contributed by atoms with Crippen LogP contribution in [0, 0.1) is 17.7 Å². The van der Waals surface area contributed by atoms with Gasteiger partial charge >= 0.3 is 0 Å². The second-order valence-corrected chi connectivity index (χ2v) is 5.05. The van der Waals surface area contributed by atoms with Crippen molar-refractivity contribution in [3.63, 3.8) is 0 Å². The van der Waals surface area contributed by atoms with Gasteiger partial charge in [-0.25, -0.2) is 4.39 Å². The highest BCUT2D eigenvalue weighted by atomic mass is 19.1. The van der Waals surface area contributed by atoms with E-state index in [2.05, 4.69) is 17.5 Å². The fraction of sp³-hybridized carbons (Fsp3) is 0.357. The van der Waals surface area contributed by atoms with E-state index in [1.165, 1.54) is 18.2 Å². The summed E-state index contributed by atoms with van der Waals surface area (Å²) in [5, 5.41) is 3.18. The van der Waals surface area contributed by atoms with Crippen LogP contribution in [0.2, 0.25) is 0 Å². The molecule has 18 heavy (non-hydrogen) atoms. The molecule has 2 aliphatic carbocycles. The van der Waals surface area contributed by atoms with Gasteiger partial charge in [-0.05, 0) is 37.0 Å². The molecule has 0 aromatic heterocycles. The first kappa shape index (κ1) is 11.3. The molecule has 0 radical (unpaired) electrons. The van der Waals surface area contributed by atoms with Crippen LogP contribution in [0.3, 0.4) is 0 Å². The van der Waals surface area contributed by atoms with Gasteiger partial charge in [0.25, 0.3) is 0 Å². The SMILES string of the molecule is NC(=O)c1ccc(F)c(NC2CC3CC=CC32)c1. The number of carbonyl (C=O) groups is 1. The number of anilines is 1. The number of allylic oxidation sites excluding steroid dienone is 1. The molecule has 3 nitrogen and oxygen atoms in total. The van der Waals surface area contributed by atoms with Gasteiger partial charge in [0.05, 0.1) is 5.69 Å². The van der Waals surface area contributed by atoms with Crippen LogP contribution in [-0.2, 0) is 0 Å². The molecule has 0 heterocycles. The van der Waals surface area contributed by atoms with E-state index in [1.54, 1.807) is 0 Å². The number of fused-ring (bicyclic) bond motifs is 1. The van der Waals surface area contributed by atoms with Gasteiger partial charge in [0.15, 0.2) is 0 Å². The van der Waals surface area contributed by atoms with Crippen molar-refractivity contribution in [2.75, 3.05) is 5.32 Å². The van der Waals surface area contributed by atoms with E-state index in [0.29, 0.717) is 23.1 Å². The highest BCUT2D eigenvalue weighted by Gasteiger charge is 2.41. The maximum absolute atomic E-state index is 13.7. The summed E-state index contributed by atoms with van der Waals surface area (Å²) >= 11 is 0. The van der Waals surface area contributed by atoms with Crippen molar-refractivity contribution >= 4 is 11.6 Å². The Hall–Kier alpha value is -1.84. The number of carbonyl (C=O) groups excluding carboxylic acids is 1. The lowest BCUT2D eigenvalue weighted by Gasteiger charge is -2.41. The normalized spacial score (nSPS) is 28.6. The molecule has 2 aliphatic rings. The third-order valence-corrected chi connectivity index (χ3v) is 3.95. The van der Waals surface area contributed by atoms with Crippen molar-refractivity contribution in [1.82, 2.24) is 0 Å². The van der Waals surface area contributed by atoms with Crippen LogP contribution in [0.25, 0.3) is 0 Å². The lowest BCUT2D eigenvalue weighted by atomic mass is 9.71. The Bertz CT molecular complexity index is 527. The first-order valence-corrected chi connectivity index (χ1v) is 6.17. The molecule has 94 valence electrons. The van der Waals surface area contributed by atoms with E-state index >= 15 is 0 Å². The van der Waals surface area contributed by atoms with Gasteiger partial charge in [-0.15, -0.1) is 0 Å². The molecule has 0 saturated heterocycles. The molecule has 1 amide bonds. The van der Waals surface area contributed by atoms with Crippen LogP contribution in [0.4, 0.5) is 10.1 Å². The van der Waals surface area contributed by atoms with Gasteiger partial charge in [-0.2, -0.15) is 0 Å². The number of rotatable bonds is 3. The molecular formula is C14H15FN2O. The largest absolute Gasteiger partial charge is 0.379 e. The van der Waals surface area contributed by atoms with Gasteiger partial charge in [0.2, 0.25) is 5.91 Å². The third-order valence-electron chi connectivity index (χ3n) is 3.95. The van der Waals surface area contributed by atoms with Gasteiger partial charge in [0, 0.05) is 17.5 Å². The predicted octanol–water partition coefficient (Wildman–Crippen LogP) is 2.30. The van der Waals surface area contributed by atoms with Crippen molar-refractivity contribution in [3.05, 3.63) is 41.7 Å². The lowest BCUT2D eigenvalue weighted by Crippen LogP contribution is -2.43. The number of nitrogens with one attached hydrogen (secondary N) is 1. The molecule has 1 saturated carbocycles. The zero-order valence-corrected chi connectivity index (χ0v) is 9.90. The fourth-order valence-corrected chi connectivity index (χ4v) is 2.87. The minimum absolute atomic E-state index is 0.270. The molecular weight excluding hydrogens is 231 g/mol. The van der Waals surface area contributed by atoms with E-state index < -0.39 is 5.91 Å². The number of benzene rings is 1. The van der Waals surface area contributed by atoms with E-state index in [4.69, 9.17) is 5.73 Å². The van der Waals surface area contributed by atoms with E-state index in [-0.39, 0.29) is 11.9 Å². The maximum Gasteiger partial charge on any atom is 0.248 e. The smallest absolute Gasteiger partial charge is 0.248 e. The Labute approximate surface area is 105 Å². The van der Waals surface area contributed by atoms with Crippen LogP contribution in [0.15, 0.2) is 30.4 Å². The Balaban J connectivity index is 1.78. The lowest BCUT2D eigenvalue weighted by molar-refractivity contribution is 0.100. The molecule has 0 aliphatic heterocycles. The Kier molecular flexibility index (Phi) is 2.58. The summed E-state index contributed by atoms with van der Waals surface area (Å²) in [4.78, 5) is 11.1. The molecule has 0 spiro atoms. The molecule has 3 N–H and O–H groups in total. The minimum atomic E-state index is -0.537. The summed E-state index contributed by atoms with van der Waals surface area (Å²) in [6.45, 7) is 0. The number of halogens is 1. The zero-order valence-electron chi connectivity index (χ0n) is 9.90. The molecule has 4 heteroatoms. The van der Waals surface area contributed by atoms with Crippen LogP contribution < -0.4 is 11.1 Å². The van der Waals surface area contributed by atoms with Crippen LogP contribution in [-0.4, -0.2) is 11.9 Å². The highest BCUT2D eigenvalue weighted by Crippen LogP contribution is 2.44. The molecule has 1 aromatic carbocycles. The van der Waals surface area contributed by atoms with Crippen molar-refractivity contribution in [1.29, 1.82) is 0 Å². The molecule has 0 bridgehead atoms. The van der Waals surface area contributed by atoms with Gasteiger partial charge < -0.3 is 11.1 Å². The standard InChI is InChI=1S/C14H15FN2O/c15-11-5-4-9(14(16)18)7-13(11)17-12-6-8-2-1-3-10(8)12/h1,3-5,7-8,10,12,17H,2,6H2,(H2,16,18). The van der Waals surface area contributed by atoms with Crippen molar-refractivity contribution < 1.29 is 9.18 Å². The number of nitrogens with two attached hydrogens (primary N) is 1. The number of hydrogen-bond donors (Lipinski definition) is 2. The number of primary amides is 1. The predicted molar refractivity (Wildman–Crippen MR) is 67.7 cm³/mol. The summed E-state index contributed by atoms with van der Waals surface area (Å²) in [7, 11) is 0. The second kappa shape index (κ2) is 4.12. The minimum Gasteiger partial charge on any atom is -0.379 e. The molecule has 3 rings (SSSR count). The topological polar surface area (TPSA) is 55.1 Å². The molecule has 3 unspecified atom stereocenters. The first-order chi connectivity index (χ1) is 8.65. The molecule has 1 fully saturated rings. The summed E-state index contributed by atoms with van der Waals surface area (Å²) in [6, 6.07) is 4.45. The van der Waals surface area contributed by atoms with Crippen molar-refractivity contribution in [3.8, 4) is 0 Å². The third kappa shape index (κ3) is 1.78. The fourth-order valence-electron chi connectivity index (χ4n) is 2.87.